The molecule has 0 spiro atoms. The zero-order chi connectivity index (χ0) is 15.2. The fraction of sp³-hybridized carbons (Fsp3) is 0.188. The lowest BCUT2D eigenvalue weighted by Gasteiger charge is -2.15. The first-order valence-corrected chi connectivity index (χ1v) is 7.38. The molecule has 0 unspecified atom stereocenters. The number of nitrogens with one attached hydrogen (secondary N) is 2. The van der Waals surface area contributed by atoms with Crippen LogP contribution in [0.2, 0.25) is 0 Å². The fourth-order valence-corrected chi connectivity index (χ4v) is 2.07. The van der Waals surface area contributed by atoms with E-state index in [0.717, 1.165) is 15.7 Å². The van der Waals surface area contributed by atoms with Crippen LogP contribution in [0.5, 0.6) is 0 Å². The van der Waals surface area contributed by atoms with E-state index in [4.69, 9.17) is 0 Å². The fourth-order valence-electron chi connectivity index (χ4n) is 1.81. The SMILES string of the molecule is C[C@@H](Nc1ccc(Br)cc1)C(=O)NCc1ccc(F)cc1. The number of rotatable bonds is 5. The smallest absolute Gasteiger partial charge is 0.242 e. The summed E-state index contributed by atoms with van der Waals surface area (Å²) in [5.74, 6) is -0.391. The van der Waals surface area contributed by atoms with Crippen molar-refractivity contribution in [2.75, 3.05) is 5.32 Å². The monoisotopic (exact) mass is 350 g/mol. The predicted octanol–water partition coefficient (Wildman–Crippen LogP) is 3.71. The van der Waals surface area contributed by atoms with Gasteiger partial charge in [-0.05, 0) is 48.9 Å². The second kappa shape index (κ2) is 7.22. The molecule has 0 saturated carbocycles. The van der Waals surface area contributed by atoms with Crippen LogP contribution in [-0.4, -0.2) is 11.9 Å². The van der Waals surface area contributed by atoms with Crippen molar-refractivity contribution in [3.8, 4) is 0 Å². The van der Waals surface area contributed by atoms with E-state index < -0.39 is 0 Å². The number of hydrogen-bond donors (Lipinski definition) is 2. The standard InChI is InChI=1S/C16H16BrFN2O/c1-11(20-15-8-4-13(17)5-9-15)16(21)19-10-12-2-6-14(18)7-3-12/h2-9,11,20H,10H2,1H3,(H,19,21)/t11-/m1/s1. The molecule has 1 atom stereocenters. The van der Waals surface area contributed by atoms with Crippen LogP contribution in [-0.2, 0) is 11.3 Å². The number of carbonyl (C=O) groups is 1. The summed E-state index contributed by atoms with van der Waals surface area (Å²) in [5, 5.41) is 5.94. The molecule has 0 aromatic heterocycles. The molecule has 2 N–H and O–H groups in total. The molecule has 0 aliphatic heterocycles. The molecular formula is C16H16BrFN2O. The van der Waals surface area contributed by atoms with Crippen LogP contribution in [0, 0.1) is 5.82 Å². The number of carbonyl (C=O) groups excluding carboxylic acids is 1. The van der Waals surface area contributed by atoms with Crippen molar-refractivity contribution in [1.82, 2.24) is 5.32 Å². The molecule has 0 fully saturated rings. The van der Waals surface area contributed by atoms with Crippen molar-refractivity contribution in [1.29, 1.82) is 0 Å². The molecule has 110 valence electrons. The van der Waals surface area contributed by atoms with Gasteiger partial charge in [0.25, 0.3) is 0 Å². The second-order valence-corrected chi connectivity index (χ2v) is 5.63. The van der Waals surface area contributed by atoms with Crippen LogP contribution < -0.4 is 10.6 Å². The van der Waals surface area contributed by atoms with Gasteiger partial charge >= 0.3 is 0 Å². The van der Waals surface area contributed by atoms with Crippen molar-refractivity contribution < 1.29 is 9.18 Å². The van der Waals surface area contributed by atoms with Crippen LogP contribution in [0.4, 0.5) is 10.1 Å². The van der Waals surface area contributed by atoms with E-state index in [2.05, 4.69) is 26.6 Å². The van der Waals surface area contributed by atoms with E-state index in [-0.39, 0.29) is 17.8 Å². The molecule has 0 aliphatic rings. The Labute approximate surface area is 131 Å². The van der Waals surface area contributed by atoms with E-state index in [9.17, 15) is 9.18 Å². The normalized spacial score (nSPS) is 11.8. The Morgan fingerprint density at radius 1 is 1.14 bits per heavy atom. The topological polar surface area (TPSA) is 41.1 Å². The predicted molar refractivity (Wildman–Crippen MR) is 85.5 cm³/mol. The number of anilines is 1. The molecule has 2 aromatic rings. The average molecular weight is 351 g/mol. The number of benzene rings is 2. The molecule has 2 aromatic carbocycles. The lowest BCUT2D eigenvalue weighted by atomic mass is 10.2. The van der Waals surface area contributed by atoms with Crippen LogP contribution in [0.15, 0.2) is 53.0 Å². The lowest BCUT2D eigenvalue weighted by Crippen LogP contribution is -2.37. The van der Waals surface area contributed by atoms with Crippen molar-refractivity contribution in [2.24, 2.45) is 0 Å². The summed E-state index contributed by atoms with van der Waals surface area (Å²) in [6.45, 7) is 2.17. The zero-order valence-electron chi connectivity index (χ0n) is 11.6. The Morgan fingerprint density at radius 2 is 1.76 bits per heavy atom. The van der Waals surface area contributed by atoms with Gasteiger partial charge in [-0.2, -0.15) is 0 Å². The highest BCUT2D eigenvalue weighted by molar-refractivity contribution is 9.10. The first-order chi connectivity index (χ1) is 10.0. The molecular weight excluding hydrogens is 335 g/mol. The average Bonchev–Trinajstić information content (AvgIpc) is 2.48. The van der Waals surface area contributed by atoms with Gasteiger partial charge in [-0.3, -0.25) is 4.79 Å². The number of halogens is 2. The Bertz CT molecular complexity index is 599. The van der Waals surface area contributed by atoms with E-state index in [1.807, 2.05) is 24.3 Å². The molecule has 1 amide bonds. The molecule has 0 radical (unpaired) electrons. The zero-order valence-corrected chi connectivity index (χ0v) is 13.2. The summed E-state index contributed by atoms with van der Waals surface area (Å²) in [6, 6.07) is 13.3. The molecule has 0 heterocycles. The maximum absolute atomic E-state index is 12.8. The van der Waals surface area contributed by atoms with Gasteiger partial charge in [0, 0.05) is 16.7 Å². The van der Waals surface area contributed by atoms with Crippen LogP contribution in [0.1, 0.15) is 12.5 Å². The number of amides is 1. The maximum atomic E-state index is 12.8. The minimum Gasteiger partial charge on any atom is -0.374 e. The van der Waals surface area contributed by atoms with E-state index in [1.165, 1.54) is 12.1 Å². The van der Waals surface area contributed by atoms with Crippen molar-refractivity contribution in [2.45, 2.75) is 19.5 Å². The third-order valence-corrected chi connectivity index (χ3v) is 3.53. The Hall–Kier alpha value is -1.88. The van der Waals surface area contributed by atoms with Crippen LogP contribution in [0.25, 0.3) is 0 Å². The Morgan fingerprint density at radius 3 is 2.38 bits per heavy atom. The van der Waals surface area contributed by atoms with E-state index >= 15 is 0 Å². The van der Waals surface area contributed by atoms with Gasteiger partial charge in [0.15, 0.2) is 0 Å². The molecule has 2 rings (SSSR count). The molecule has 21 heavy (non-hydrogen) atoms. The molecule has 0 aliphatic carbocycles. The van der Waals surface area contributed by atoms with Gasteiger partial charge in [0.05, 0.1) is 0 Å². The van der Waals surface area contributed by atoms with Gasteiger partial charge in [-0.15, -0.1) is 0 Å². The minimum atomic E-state index is -0.355. The summed E-state index contributed by atoms with van der Waals surface area (Å²) < 4.78 is 13.8. The first kappa shape index (κ1) is 15.5. The molecule has 5 heteroatoms. The van der Waals surface area contributed by atoms with Crippen molar-refractivity contribution in [3.05, 3.63) is 64.4 Å². The van der Waals surface area contributed by atoms with Gasteiger partial charge in [-0.1, -0.05) is 28.1 Å². The summed E-state index contributed by atoms with van der Waals surface area (Å²) in [4.78, 5) is 12.0. The van der Waals surface area contributed by atoms with Gasteiger partial charge < -0.3 is 10.6 Å². The first-order valence-electron chi connectivity index (χ1n) is 6.59. The second-order valence-electron chi connectivity index (χ2n) is 4.72. The third-order valence-electron chi connectivity index (χ3n) is 3.00. The largest absolute Gasteiger partial charge is 0.374 e. The van der Waals surface area contributed by atoms with Crippen LogP contribution >= 0.6 is 15.9 Å². The highest BCUT2D eigenvalue weighted by atomic mass is 79.9. The molecule has 0 bridgehead atoms. The summed E-state index contributed by atoms with van der Waals surface area (Å²) >= 11 is 3.36. The lowest BCUT2D eigenvalue weighted by molar-refractivity contribution is -0.121. The van der Waals surface area contributed by atoms with Gasteiger partial charge in [-0.25, -0.2) is 4.39 Å². The molecule has 0 saturated heterocycles. The quantitative estimate of drug-likeness (QED) is 0.862. The van der Waals surface area contributed by atoms with Crippen molar-refractivity contribution >= 4 is 27.5 Å². The van der Waals surface area contributed by atoms with Crippen molar-refractivity contribution in [3.63, 3.8) is 0 Å². The Kier molecular flexibility index (Phi) is 5.33. The number of hydrogen-bond acceptors (Lipinski definition) is 2. The highest BCUT2D eigenvalue weighted by Crippen LogP contribution is 2.14. The molecule has 3 nitrogen and oxygen atoms in total. The van der Waals surface area contributed by atoms with E-state index in [0.29, 0.717) is 6.54 Å². The summed E-state index contributed by atoms with van der Waals surface area (Å²) in [6.07, 6.45) is 0. The van der Waals surface area contributed by atoms with Gasteiger partial charge in [0.2, 0.25) is 5.91 Å². The third kappa shape index (κ3) is 4.86. The van der Waals surface area contributed by atoms with Crippen LogP contribution in [0.3, 0.4) is 0 Å². The summed E-state index contributed by atoms with van der Waals surface area (Å²) in [5.41, 5.74) is 1.74. The van der Waals surface area contributed by atoms with E-state index in [1.54, 1.807) is 19.1 Å². The Balaban J connectivity index is 1.84. The minimum absolute atomic E-state index is 0.109. The maximum Gasteiger partial charge on any atom is 0.242 e. The summed E-state index contributed by atoms with van der Waals surface area (Å²) in [7, 11) is 0. The van der Waals surface area contributed by atoms with Gasteiger partial charge in [0.1, 0.15) is 11.9 Å². The highest BCUT2D eigenvalue weighted by Gasteiger charge is 2.11.